The van der Waals surface area contributed by atoms with E-state index in [9.17, 15) is 0 Å². The van der Waals surface area contributed by atoms with Gasteiger partial charge < -0.3 is 10.3 Å². The molecule has 5 heteroatoms. The summed E-state index contributed by atoms with van der Waals surface area (Å²) in [6, 6.07) is 10.9. The van der Waals surface area contributed by atoms with Crippen LogP contribution in [0.3, 0.4) is 0 Å². The Kier molecular flexibility index (Phi) is 3.24. The van der Waals surface area contributed by atoms with Crippen molar-refractivity contribution in [3.8, 4) is 11.5 Å². The van der Waals surface area contributed by atoms with E-state index < -0.39 is 0 Å². The fraction of sp³-hybridized carbons (Fsp3) is 0.250. The molecule has 3 aromatic rings. The summed E-state index contributed by atoms with van der Waals surface area (Å²) in [7, 11) is 0. The van der Waals surface area contributed by atoms with Crippen LogP contribution in [0.5, 0.6) is 0 Å². The Morgan fingerprint density at radius 2 is 2.14 bits per heavy atom. The minimum atomic E-state index is 0.697. The van der Waals surface area contributed by atoms with Gasteiger partial charge in [-0.15, -0.1) is 0 Å². The van der Waals surface area contributed by atoms with Crippen molar-refractivity contribution >= 4 is 26.8 Å². The van der Waals surface area contributed by atoms with E-state index >= 15 is 0 Å². The maximum Gasteiger partial charge on any atom is 0.157 e. The molecule has 0 bridgehead atoms. The summed E-state index contributed by atoms with van der Waals surface area (Å²) in [5, 5.41) is 4.60. The van der Waals surface area contributed by atoms with Crippen LogP contribution in [0.1, 0.15) is 18.5 Å². The first-order chi connectivity index (χ1) is 10.3. The average Bonchev–Trinajstić information content (AvgIpc) is 3.21. The topological polar surface area (TPSA) is 53.6 Å². The molecule has 0 unspecified atom stereocenters. The highest BCUT2D eigenvalue weighted by Gasteiger charge is 2.20. The van der Waals surface area contributed by atoms with Crippen molar-refractivity contribution in [1.82, 2.24) is 20.3 Å². The van der Waals surface area contributed by atoms with E-state index in [1.807, 2.05) is 24.4 Å². The standard InChI is InChI=1S/C16H15BrN4/c17-13-7-10-3-1-2-4-14(10)21-15(13)16-19-9-12(20-16)8-18-11-5-6-11/h1-4,7,9,11,18H,5-6,8H2,(H,19,20). The molecule has 2 aromatic heterocycles. The molecule has 0 saturated heterocycles. The molecule has 0 atom stereocenters. The number of benzene rings is 1. The monoisotopic (exact) mass is 342 g/mol. The van der Waals surface area contributed by atoms with E-state index in [0.717, 1.165) is 39.1 Å². The van der Waals surface area contributed by atoms with Gasteiger partial charge in [-0.2, -0.15) is 0 Å². The van der Waals surface area contributed by atoms with E-state index in [1.54, 1.807) is 0 Å². The van der Waals surface area contributed by atoms with Crippen molar-refractivity contribution in [2.45, 2.75) is 25.4 Å². The molecule has 0 amide bonds. The number of H-pyrrole nitrogens is 1. The van der Waals surface area contributed by atoms with Gasteiger partial charge in [-0.1, -0.05) is 18.2 Å². The molecule has 4 nitrogen and oxygen atoms in total. The maximum absolute atomic E-state index is 4.70. The molecule has 1 aliphatic rings. The lowest BCUT2D eigenvalue weighted by molar-refractivity contribution is 0.677. The molecule has 21 heavy (non-hydrogen) atoms. The second-order valence-electron chi connectivity index (χ2n) is 5.42. The maximum atomic E-state index is 4.70. The quantitative estimate of drug-likeness (QED) is 0.760. The van der Waals surface area contributed by atoms with Gasteiger partial charge in [0.1, 0.15) is 5.69 Å². The Hall–Kier alpha value is -1.72. The van der Waals surface area contributed by atoms with Gasteiger partial charge in [-0.25, -0.2) is 9.97 Å². The van der Waals surface area contributed by atoms with Gasteiger partial charge in [-0.05, 0) is 40.9 Å². The summed E-state index contributed by atoms with van der Waals surface area (Å²) in [6.45, 7) is 0.836. The molecule has 2 heterocycles. The number of imidazole rings is 1. The highest BCUT2D eigenvalue weighted by Crippen LogP contribution is 2.28. The lowest BCUT2D eigenvalue weighted by atomic mass is 10.2. The second-order valence-corrected chi connectivity index (χ2v) is 6.28. The van der Waals surface area contributed by atoms with Crippen LogP contribution in [0.4, 0.5) is 0 Å². The zero-order valence-electron chi connectivity index (χ0n) is 11.4. The van der Waals surface area contributed by atoms with E-state index in [4.69, 9.17) is 4.98 Å². The lowest BCUT2D eigenvalue weighted by Gasteiger charge is -2.04. The summed E-state index contributed by atoms with van der Waals surface area (Å²) in [5.74, 6) is 0.806. The zero-order valence-corrected chi connectivity index (χ0v) is 13.0. The highest BCUT2D eigenvalue weighted by molar-refractivity contribution is 9.10. The number of hydrogen-bond acceptors (Lipinski definition) is 3. The summed E-state index contributed by atoms with van der Waals surface area (Å²) in [4.78, 5) is 12.5. The molecule has 1 fully saturated rings. The number of fused-ring (bicyclic) bond motifs is 1. The number of hydrogen-bond donors (Lipinski definition) is 2. The summed E-state index contributed by atoms with van der Waals surface area (Å²) >= 11 is 3.60. The normalized spacial score (nSPS) is 14.7. The van der Waals surface area contributed by atoms with Crippen LogP contribution in [0.25, 0.3) is 22.4 Å². The Morgan fingerprint density at radius 1 is 1.29 bits per heavy atom. The third-order valence-corrected chi connectivity index (χ3v) is 4.29. The predicted molar refractivity (Wildman–Crippen MR) is 86.9 cm³/mol. The van der Waals surface area contributed by atoms with Crippen LogP contribution >= 0.6 is 15.9 Å². The fourth-order valence-electron chi connectivity index (χ4n) is 2.37. The number of pyridine rings is 1. The summed E-state index contributed by atoms with van der Waals surface area (Å²) < 4.78 is 0.956. The first kappa shape index (κ1) is 13.0. The second kappa shape index (κ2) is 5.24. The van der Waals surface area contributed by atoms with Crippen LogP contribution in [-0.2, 0) is 6.54 Å². The van der Waals surface area contributed by atoms with Crippen molar-refractivity contribution in [2.75, 3.05) is 0 Å². The Balaban J connectivity index is 1.66. The molecular formula is C16H15BrN4. The molecule has 106 valence electrons. The Bertz CT molecular complexity index is 792. The molecule has 1 aliphatic carbocycles. The summed E-state index contributed by atoms with van der Waals surface area (Å²) in [6.07, 6.45) is 4.46. The largest absolute Gasteiger partial charge is 0.339 e. The molecular weight excluding hydrogens is 328 g/mol. The van der Waals surface area contributed by atoms with Gasteiger partial charge in [0.05, 0.1) is 11.7 Å². The van der Waals surface area contributed by atoms with Gasteiger partial charge >= 0.3 is 0 Å². The van der Waals surface area contributed by atoms with Gasteiger partial charge in [-0.3, -0.25) is 0 Å². The SMILES string of the molecule is Brc1cc2ccccc2nc1-c1ncc(CNC2CC2)[nH]1. The third kappa shape index (κ3) is 2.71. The number of nitrogens with zero attached hydrogens (tertiary/aromatic N) is 2. The molecule has 0 aliphatic heterocycles. The average molecular weight is 343 g/mol. The smallest absolute Gasteiger partial charge is 0.157 e. The van der Waals surface area contributed by atoms with Crippen molar-refractivity contribution in [3.05, 3.63) is 46.7 Å². The van der Waals surface area contributed by atoms with E-state index in [0.29, 0.717) is 6.04 Å². The number of rotatable bonds is 4. The molecule has 4 rings (SSSR count). The molecule has 2 N–H and O–H groups in total. The van der Waals surface area contributed by atoms with Gasteiger partial charge in [0, 0.05) is 28.1 Å². The van der Waals surface area contributed by atoms with Crippen LogP contribution < -0.4 is 5.32 Å². The third-order valence-electron chi connectivity index (χ3n) is 3.69. The number of para-hydroxylation sites is 1. The first-order valence-corrected chi connectivity index (χ1v) is 7.92. The van der Waals surface area contributed by atoms with Gasteiger partial charge in [0.2, 0.25) is 0 Å². The molecule has 0 spiro atoms. The van der Waals surface area contributed by atoms with Crippen molar-refractivity contribution in [1.29, 1.82) is 0 Å². The number of nitrogens with one attached hydrogen (secondary N) is 2. The minimum absolute atomic E-state index is 0.697. The van der Waals surface area contributed by atoms with E-state index in [-0.39, 0.29) is 0 Å². The lowest BCUT2D eigenvalue weighted by Crippen LogP contribution is -2.15. The van der Waals surface area contributed by atoms with Gasteiger partial charge in [0.25, 0.3) is 0 Å². The first-order valence-electron chi connectivity index (χ1n) is 7.12. The Morgan fingerprint density at radius 3 is 3.00 bits per heavy atom. The Labute approximate surface area is 131 Å². The van der Waals surface area contributed by atoms with Crippen molar-refractivity contribution < 1.29 is 0 Å². The van der Waals surface area contributed by atoms with Crippen LogP contribution in [0.2, 0.25) is 0 Å². The van der Waals surface area contributed by atoms with Crippen molar-refractivity contribution in [2.24, 2.45) is 0 Å². The zero-order chi connectivity index (χ0) is 14.2. The summed E-state index contributed by atoms with van der Waals surface area (Å²) in [5.41, 5.74) is 2.93. The highest BCUT2D eigenvalue weighted by atomic mass is 79.9. The molecule has 1 saturated carbocycles. The molecule has 0 radical (unpaired) electrons. The number of aromatic nitrogens is 3. The van der Waals surface area contributed by atoms with Gasteiger partial charge in [0.15, 0.2) is 5.82 Å². The predicted octanol–water partition coefficient (Wildman–Crippen LogP) is 3.64. The fourth-order valence-corrected chi connectivity index (χ4v) is 2.89. The minimum Gasteiger partial charge on any atom is -0.339 e. The number of halogens is 1. The van der Waals surface area contributed by atoms with E-state index in [2.05, 4.69) is 43.3 Å². The number of aromatic amines is 1. The molecule has 1 aromatic carbocycles. The van der Waals surface area contributed by atoms with Crippen LogP contribution in [0.15, 0.2) is 41.0 Å². The van der Waals surface area contributed by atoms with Crippen molar-refractivity contribution in [3.63, 3.8) is 0 Å². The van der Waals surface area contributed by atoms with Crippen LogP contribution in [-0.4, -0.2) is 21.0 Å². The van der Waals surface area contributed by atoms with Crippen LogP contribution in [0, 0.1) is 0 Å². The van der Waals surface area contributed by atoms with E-state index in [1.165, 1.54) is 12.8 Å².